The Labute approximate surface area is 128 Å². The predicted octanol–water partition coefficient (Wildman–Crippen LogP) is 4.34. The molecule has 1 aliphatic carbocycles. The number of hydrogen-bond donors (Lipinski definition) is 1. The highest BCUT2D eigenvalue weighted by molar-refractivity contribution is 5.53. The van der Waals surface area contributed by atoms with Gasteiger partial charge in [-0.25, -0.2) is 4.39 Å². The van der Waals surface area contributed by atoms with Gasteiger partial charge < -0.3 is 10.2 Å². The summed E-state index contributed by atoms with van der Waals surface area (Å²) in [6.45, 7) is 7.92. The smallest absolute Gasteiger partial charge is 0.129 e. The molecule has 0 aromatic heterocycles. The Morgan fingerprint density at radius 3 is 2.52 bits per heavy atom. The lowest BCUT2D eigenvalue weighted by atomic mass is 10.0. The van der Waals surface area contributed by atoms with Crippen LogP contribution < -0.4 is 10.2 Å². The van der Waals surface area contributed by atoms with Gasteiger partial charge in [0.15, 0.2) is 0 Å². The summed E-state index contributed by atoms with van der Waals surface area (Å²) in [6, 6.07) is 5.42. The normalized spacial score (nSPS) is 16.4. The van der Waals surface area contributed by atoms with E-state index < -0.39 is 0 Å². The Hall–Kier alpha value is -1.09. The van der Waals surface area contributed by atoms with E-state index in [4.69, 9.17) is 0 Å². The minimum Gasteiger partial charge on any atom is -0.374 e. The van der Waals surface area contributed by atoms with Gasteiger partial charge in [0, 0.05) is 36.9 Å². The molecule has 1 aliphatic rings. The number of nitrogens with zero attached hydrogens (tertiary/aromatic N) is 1. The van der Waals surface area contributed by atoms with Crippen molar-refractivity contribution in [3.05, 3.63) is 29.6 Å². The van der Waals surface area contributed by atoms with Crippen molar-refractivity contribution in [3.63, 3.8) is 0 Å². The second kappa shape index (κ2) is 6.78. The van der Waals surface area contributed by atoms with Crippen LogP contribution in [0.1, 0.15) is 52.0 Å². The molecule has 3 heteroatoms. The molecule has 0 bridgehead atoms. The topological polar surface area (TPSA) is 15.3 Å². The van der Waals surface area contributed by atoms with Crippen molar-refractivity contribution in [2.75, 3.05) is 18.5 Å². The Morgan fingerprint density at radius 1 is 1.24 bits per heavy atom. The maximum atomic E-state index is 14.2. The first-order valence-corrected chi connectivity index (χ1v) is 8.10. The van der Waals surface area contributed by atoms with Gasteiger partial charge in [0.05, 0.1) is 0 Å². The number of anilines is 1. The highest BCUT2D eigenvalue weighted by Crippen LogP contribution is 2.29. The molecule has 1 N–H and O–H groups in total. The molecule has 118 valence electrons. The molecule has 0 saturated heterocycles. The Morgan fingerprint density at radius 2 is 1.90 bits per heavy atom. The molecule has 2 nitrogen and oxygen atoms in total. The Bertz CT molecular complexity index is 459. The number of rotatable bonds is 5. The molecule has 21 heavy (non-hydrogen) atoms. The van der Waals surface area contributed by atoms with Crippen molar-refractivity contribution < 1.29 is 4.39 Å². The summed E-state index contributed by atoms with van der Waals surface area (Å²) >= 11 is 0. The van der Waals surface area contributed by atoms with E-state index in [9.17, 15) is 4.39 Å². The number of benzene rings is 1. The molecular formula is C18H29FN2. The van der Waals surface area contributed by atoms with Crippen molar-refractivity contribution in [3.8, 4) is 0 Å². The van der Waals surface area contributed by atoms with E-state index in [0.29, 0.717) is 6.54 Å². The van der Waals surface area contributed by atoms with Crippen LogP contribution in [0.3, 0.4) is 0 Å². The molecular weight excluding hydrogens is 263 g/mol. The van der Waals surface area contributed by atoms with E-state index in [1.165, 1.54) is 25.7 Å². The average Bonchev–Trinajstić information content (AvgIpc) is 2.88. The van der Waals surface area contributed by atoms with E-state index in [1.54, 1.807) is 6.07 Å². The van der Waals surface area contributed by atoms with E-state index >= 15 is 0 Å². The van der Waals surface area contributed by atoms with Gasteiger partial charge in [0.2, 0.25) is 0 Å². The first-order valence-electron chi connectivity index (χ1n) is 8.10. The third-order valence-electron chi connectivity index (χ3n) is 4.31. The van der Waals surface area contributed by atoms with Crippen LogP contribution in [0, 0.1) is 11.7 Å². The fourth-order valence-electron chi connectivity index (χ4n) is 3.11. The van der Waals surface area contributed by atoms with Crippen LogP contribution in [-0.4, -0.2) is 19.1 Å². The van der Waals surface area contributed by atoms with Gasteiger partial charge in [-0.2, -0.15) is 0 Å². The van der Waals surface area contributed by atoms with Crippen LogP contribution in [-0.2, 0) is 6.54 Å². The van der Waals surface area contributed by atoms with Crippen molar-refractivity contribution in [2.24, 2.45) is 5.92 Å². The van der Waals surface area contributed by atoms with Gasteiger partial charge in [-0.3, -0.25) is 0 Å². The highest BCUT2D eigenvalue weighted by Gasteiger charge is 2.20. The number of nitrogens with one attached hydrogen (secondary N) is 1. The van der Waals surface area contributed by atoms with E-state index in [0.717, 1.165) is 23.7 Å². The molecule has 0 unspecified atom stereocenters. The van der Waals surface area contributed by atoms with Crippen LogP contribution in [0.4, 0.5) is 10.1 Å². The lowest BCUT2D eigenvalue weighted by molar-refractivity contribution is 0.418. The van der Waals surface area contributed by atoms with Crippen molar-refractivity contribution in [1.82, 2.24) is 5.32 Å². The van der Waals surface area contributed by atoms with Gasteiger partial charge in [-0.1, -0.05) is 18.9 Å². The van der Waals surface area contributed by atoms with E-state index in [-0.39, 0.29) is 11.4 Å². The first-order chi connectivity index (χ1) is 9.87. The molecule has 0 aliphatic heterocycles. The SMILES string of the molecule is CN(CC1CCCC1)c1cccc(F)c1CNC(C)(C)C. The fraction of sp³-hybridized carbons (Fsp3) is 0.667. The Kier molecular flexibility index (Phi) is 5.26. The molecule has 0 spiro atoms. The third kappa shape index (κ3) is 4.70. The van der Waals surface area contributed by atoms with Crippen LogP contribution in [0.25, 0.3) is 0 Å². The van der Waals surface area contributed by atoms with Crippen LogP contribution in [0.15, 0.2) is 18.2 Å². The van der Waals surface area contributed by atoms with Crippen LogP contribution in [0.5, 0.6) is 0 Å². The van der Waals surface area contributed by atoms with E-state index in [1.807, 2.05) is 12.1 Å². The first kappa shape index (κ1) is 16.3. The second-order valence-electron chi connectivity index (χ2n) is 7.37. The lowest BCUT2D eigenvalue weighted by Crippen LogP contribution is -2.36. The summed E-state index contributed by atoms with van der Waals surface area (Å²) in [4.78, 5) is 2.23. The zero-order valence-corrected chi connectivity index (χ0v) is 13.9. The molecule has 2 rings (SSSR count). The lowest BCUT2D eigenvalue weighted by Gasteiger charge is -2.27. The van der Waals surface area contributed by atoms with Crippen LogP contribution in [0.2, 0.25) is 0 Å². The number of halogens is 1. The molecule has 0 radical (unpaired) electrons. The van der Waals surface area contributed by atoms with Gasteiger partial charge in [-0.05, 0) is 51.7 Å². The molecule has 1 aromatic carbocycles. The fourth-order valence-corrected chi connectivity index (χ4v) is 3.11. The minimum atomic E-state index is -0.109. The molecule has 0 amide bonds. The molecule has 0 atom stereocenters. The summed E-state index contributed by atoms with van der Waals surface area (Å²) in [7, 11) is 2.09. The summed E-state index contributed by atoms with van der Waals surface area (Å²) in [5.41, 5.74) is 1.80. The van der Waals surface area contributed by atoms with Gasteiger partial charge >= 0.3 is 0 Å². The largest absolute Gasteiger partial charge is 0.374 e. The molecule has 0 heterocycles. The van der Waals surface area contributed by atoms with E-state index in [2.05, 4.69) is 38.0 Å². The Balaban J connectivity index is 2.11. The van der Waals surface area contributed by atoms with Crippen molar-refractivity contribution in [1.29, 1.82) is 0 Å². The second-order valence-corrected chi connectivity index (χ2v) is 7.37. The molecule has 1 aromatic rings. The minimum absolute atomic E-state index is 0.0103. The number of hydrogen-bond acceptors (Lipinski definition) is 2. The molecule has 1 fully saturated rings. The maximum Gasteiger partial charge on any atom is 0.129 e. The summed E-state index contributed by atoms with van der Waals surface area (Å²) < 4.78 is 14.2. The standard InChI is InChI=1S/C18H29FN2/c1-18(2,3)20-12-15-16(19)10-7-11-17(15)21(4)13-14-8-5-6-9-14/h7,10-11,14,20H,5-6,8-9,12-13H2,1-4H3. The summed E-state index contributed by atoms with van der Waals surface area (Å²) in [6.07, 6.45) is 5.32. The molecule has 1 saturated carbocycles. The van der Waals surface area contributed by atoms with Gasteiger partial charge in [0.1, 0.15) is 5.82 Å². The van der Waals surface area contributed by atoms with Gasteiger partial charge in [0.25, 0.3) is 0 Å². The van der Waals surface area contributed by atoms with Gasteiger partial charge in [-0.15, -0.1) is 0 Å². The van der Waals surface area contributed by atoms with Crippen molar-refractivity contribution >= 4 is 5.69 Å². The van der Waals surface area contributed by atoms with Crippen LogP contribution >= 0.6 is 0 Å². The maximum absolute atomic E-state index is 14.2. The monoisotopic (exact) mass is 292 g/mol. The summed E-state index contributed by atoms with van der Waals surface area (Å²) in [5, 5.41) is 3.40. The average molecular weight is 292 g/mol. The zero-order chi connectivity index (χ0) is 15.5. The highest BCUT2D eigenvalue weighted by atomic mass is 19.1. The predicted molar refractivity (Wildman–Crippen MR) is 88.2 cm³/mol. The quantitative estimate of drug-likeness (QED) is 0.868. The third-order valence-corrected chi connectivity index (χ3v) is 4.31. The summed E-state index contributed by atoms with van der Waals surface area (Å²) in [5.74, 6) is 0.657. The van der Waals surface area contributed by atoms with Crippen molar-refractivity contribution in [2.45, 2.75) is 58.5 Å². The zero-order valence-electron chi connectivity index (χ0n) is 13.9.